The SMILES string of the molecule is C[C@@H]1CN(c2ccc(C(F)(F)F)c3ncccc23)C[C@H](C(=O)N[C@H]2CN(C(=O)OC(C)(C)C)C[C@H]2F)O1. The molecule has 2 aromatic rings. The quantitative estimate of drug-likeness (QED) is 0.611. The molecule has 2 aliphatic rings. The summed E-state index contributed by atoms with van der Waals surface area (Å²) in [6.45, 7) is 6.98. The Bertz CT molecular complexity index is 1170. The third-order valence-electron chi connectivity index (χ3n) is 6.17. The molecule has 0 unspecified atom stereocenters. The van der Waals surface area contributed by atoms with E-state index < -0.39 is 53.8 Å². The summed E-state index contributed by atoms with van der Waals surface area (Å²) in [5.74, 6) is -0.565. The number of rotatable bonds is 3. The minimum Gasteiger partial charge on any atom is -0.444 e. The molecule has 37 heavy (non-hydrogen) atoms. The van der Waals surface area contributed by atoms with E-state index in [0.717, 1.165) is 6.07 Å². The lowest BCUT2D eigenvalue weighted by atomic mass is 10.0. The summed E-state index contributed by atoms with van der Waals surface area (Å²) >= 11 is 0. The number of carbonyl (C=O) groups excluding carboxylic acids is 2. The summed E-state index contributed by atoms with van der Waals surface area (Å²) in [6.07, 6.45) is -6.85. The summed E-state index contributed by atoms with van der Waals surface area (Å²) in [6, 6.07) is 4.52. The zero-order chi connectivity index (χ0) is 27.1. The van der Waals surface area contributed by atoms with Crippen molar-refractivity contribution in [2.75, 3.05) is 31.1 Å². The van der Waals surface area contributed by atoms with Crippen LogP contribution in [0.1, 0.15) is 33.3 Å². The molecule has 4 atom stereocenters. The number of nitrogens with zero attached hydrogens (tertiary/aromatic N) is 3. The molecule has 202 valence electrons. The van der Waals surface area contributed by atoms with Gasteiger partial charge >= 0.3 is 12.3 Å². The van der Waals surface area contributed by atoms with Crippen LogP contribution in [0, 0.1) is 0 Å². The number of aromatic nitrogens is 1. The Hall–Kier alpha value is -3.15. The number of fused-ring (bicyclic) bond motifs is 1. The van der Waals surface area contributed by atoms with Crippen molar-refractivity contribution in [1.29, 1.82) is 0 Å². The third-order valence-corrected chi connectivity index (χ3v) is 6.17. The van der Waals surface area contributed by atoms with E-state index in [-0.39, 0.29) is 25.2 Å². The Morgan fingerprint density at radius 3 is 2.51 bits per heavy atom. The van der Waals surface area contributed by atoms with Crippen LogP contribution in [0.3, 0.4) is 0 Å². The van der Waals surface area contributed by atoms with E-state index in [0.29, 0.717) is 17.6 Å². The van der Waals surface area contributed by atoms with Crippen molar-refractivity contribution < 1.29 is 36.6 Å². The summed E-state index contributed by atoms with van der Waals surface area (Å²) in [7, 11) is 0. The molecule has 1 aromatic heterocycles. The van der Waals surface area contributed by atoms with E-state index >= 15 is 0 Å². The molecule has 4 rings (SSSR count). The molecule has 2 amide bonds. The lowest BCUT2D eigenvalue weighted by Gasteiger charge is -2.38. The molecule has 1 aromatic carbocycles. The van der Waals surface area contributed by atoms with Gasteiger partial charge in [0.2, 0.25) is 0 Å². The molecule has 2 aliphatic heterocycles. The lowest BCUT2D eigenvalue weighted by Crippen LogP contribution is -2.55. The van der Waals surface area contributed by atoms with Crippen molar-refractivity contribution in [3.8, 4) is 0 Å². The first kappa shape index (κ1) is 26.9. The Kier molecular flexibility index (Phi) is 7.24. The number of halogens is 4. The highest BCUT2D eigenvalue weighted by Gasteiger charge is 2.41. The molecule has 0 spiro atoms. The Labute approximate surface area is 211 Å². The standard InChI is InChI=1S/C25H30F4N4O4/c1-14-10-32(19-8-7-16(25(27,28)29)21-15(19)6-5-9-30-21)13-20(36-14)22(34)31-18-12-33(11-17(18)26)23(35)37-24(2,3)4/h5-9,14,17-18,20H,10-13H2,1-4H3,(H,31,34)/t14-,17-,18+,20-/m1/s1. The Morgan fingerprint density at radius 2 is 1.84 bits per heavy atom. The second-order valence-electron chi connectivity index (χ2n) is 10.4. The van der Waals surface area contributed by atoms with Crippen molar-refractivity contribution in [3.05, 3.63) is 36.0 Å². The predicted octanol–water partition coefficient (Wildman–Crippen LogP) is 3.92. The van der Waals surface area contributed by atoms with Gasteiger partial charge in [-0.05, 0) is 52.0 Å². The number of pyridine rings is 1. The summed E-state index contributed by atoms with van der Waals surface area (Å²) in [4.78, 5) is 32.3. The number of anilines is 1. The predicted molar refractivity (Wildman–Crippen MR) is 128 cm³/mol. The number of benzene rings is 1. The first-order valence-corrected chi connectivity index (χ1v) is 12.0. The van der Waals surface area contributed by atoms with Gasteiger partial charge in [0.25, 0.3) is 5.91 Å². The highest BCUT2D eigenvalue weighted by atomic mass is 19.4. The molecule has 12 heteroatoms. The smallest absolute Gasteiger partial charge is 0.418 e. The van der Waals surface area contributed by atoms with E-state index in [1.165, 1.54) is 17.2 Å². The van der Waals surface area contributed by atoms with Crippen molar-refractivity contribution in [1.82, 2.24) is 15.2 Å². The van der Waals surface area contributed by atoms with Crippen LogP contribution in [0.25, 0.3) is 10.9 Å². The average Bonchev–Trinajstić information content (AvgIpc) is 3.16. The van der Waals surface area contributed by atoms with E-state index in [4.69, 9.17) is 9.47 Å². The molecular weight excluding hydrogens is 496 g/mol. The van der Waals surface area contributed by atoms with Gasteiger partial charge in [0, 0.05) is 30.4 Å². The number of hydrogen-bond acceptors (Lipinski definition) is 6. The van der Waals surface area contributed by atoms with Gasteiger partial charge in [-0.3, -0.25) is 9.78 Å². The van der Waals surface area contributed by atoms with Gasteiger partial charge in [-0.25, -0.2) is 9.18 Å². The van der Waals surface area contributed by atoms with E-state index in [1.807, 2.05) is 0 Å². The molecule has 0 aliphatic carbocycles. The van der Waals surface area contributed by atoms with Gasteiger partial charge in [0.1, 0.15) is 11.8 Å². The van der Waals surface area contributed by atoms with E-state index in [1.54, 1.807) is 44.7 Å². The largest absolute Gasteiger partial charge is 0.444 e. The van der Waals surface area contributed by atoms with Gasteiger partial charge in [-0.1, -0.05) is 0 Å². The maximum Gasteiger partial charge on any atom is 0.418 e. The summed E-state index contributed by atoms with van der Waals surface area (Å²) < 4.78 is 66.3. The van der Waals surface area contributed by atoms with Crippen molar-refractivity contribution >= 4 is 28.6 Å². The second kappa shape index (κ2) is 9.96. The number of morpholine rings is 1. The van der Waals surface area contributed by atoms with Crippen molar-refractivity contribution in [2.45, 2.75) is 63.9 Å². The first-order valence-electron chi connectivity index (χ1n) is 12.0. The van der Waals surface area contributed by atoms with Crippen LogP contribution in [0.5, 0.6) is 0 Å². The normalized spacial score (nSPS) is 24.9. The summed E-state index contributed by atoms with van der Waals surface area (Å²) in [5, 5.41) is 2.93. The van der Waals surface area contributed by atoms with Crippen LogP contribution in [0.15, 0.2) is 30.5 Å². The molecule has 2 fully saturated rings. The van der Waals surface area contributed by atoms with Gasteiger partial charge in [-0.2, -0.15) is 13.2 Å². The maximum atomic E-state index is 14.7. The number of ether oxygens (including phenoxy) is 2. The van der Waals surface area contributed by atoms with Crippen LogP contribution in [0.2, 0.25) is 0 Å². The summed E-state index contributed by atoms with van der Waals surface area (Å²) in [5.41, 5.74) is -1.27. The van der Waals surface area contributed by atoms with Gasteiger partial charge in [-0.15, -0.1) is 0 Å². The zero-order valence-electron chi connectivity index (χ0n) is 21.0. The molecule has 0 bridgehead atoms. The first-order chi connectivity index (χ1) is 17.2. The maximum absolute atomic E-state index is 14.7. The third kappa shape index (κ3) is 6.06. The zero-order valence-corrected chi connectivity index (χ0v) is 21.0. The molecule has 8 nitrogen and oxygen atoms in total. The molecule has 0 saturated carbocycles. The topological polar surface area (TPSA) is 84.0 Å². The fraction of sp³-hybridized carbons (Fsp3) is 0.560. The molecule has 2 saturated heterocycles. The van der Waals surface area contributed by atoms with E-state index in [9.17, 15) is 27.2 Å². The minimum atomic E-state index is -4.57. The Balaban J connectivity index is 1.49. The molecule has 0 radical (unpaired) electrons. The van der Waals surface area contributed by atoms with Crippen molar-refractivity contribution in [2.24, 2.45) is 0 Å². The highest BCUT2D eigenvalue weighted by molar-refractivity contribution is 5.94. The number of alkyl halides is 4. The highest BCUT2D eigenvalue weighted by Crippen LogP contribution is 2.38. The van der Waals surface area contributed by atoms with Crippen LogP contribution >= 0.6 is 0 Å². The minimum absolute atomic E-state index is 0.0466. The average molecular weight is 527 g/mol. The van der Waals surface area contributed by atoms with Gasteiger partial charge < -0.3 is 24.6 Å². The number of nitrogens with one attached hydrogen (secondary N) is 1. The van der Waals surface area contributed by atoms with Gasteiger partial charge in [0.15, 0.2) is 6.10 Å². The van der Waals surface area contributed by atoms with Crippen LogP contribution in [0.4, 0.5) is 28.0 Å². The Morgan fingerprint density at radius 1 is 1.11 bits per heavy atom. The molecule has 3 heterocycles. The number of likely N-dealkylation sites (tertiary alicyclic amines) is 1. The molecular formula is C25H30F4N4O4. The van der Waals surface area contributed by atoms with Gasteiger partial charge in [0.05, 0.1) is 36.3 Å². The fourth-order valence-corrected chi connectivity index (χ4v) is 4.61. The number of amides is 2. The number of hydrogen-bond donors (Lipinski definition) is 1. The van der Waals surface area contributed by atoms with Crippen LogP contribution in [-0.4, -0.2) is 78.1 Å². The van der Waals surface area contributed by atoms with Crippen LogP contribution in [-0.2, 0) is 20.4 Å². The number of carbonyl (C=O) groups is 2. The van der Waals surface area contributed by atoms with E-state index in [2.05, 4.69) is 10.3 Å². The lowest BCUT2D eigenvalue weighted by molar-refractivity contribution is -0.138. The monoisotopic (exact) mass is 526 g/mol. The second-order valence-corrected chi connectivity index (χ2v) is 10.4. The van der Waals surface area contributed by atoms with Crippen LogP contribution < -0.4 is 10.2 Å². The van der Waals surface area contributed by atoms with Crippen molar-refractivity contribution in [3.63, 3.8) is 0 Å². The fourth-order valence-electron chi connectivity index (χ4n) is 4.61. The molecule has 1 N–H and O–H groups in total.